The molecule has 0 radical (unpaired) electrons. The minimum absolute atomic E-state index is 0.0954. The molecule has 0 aliphatic carbocycles. The molecular formula is C18H17N3O6S. The van der Waals surface area contributed by atoms with Gasteiger partial charge in [0.2, 0.25) is 5.89 Å². The number of carbonyl (C=O) groups excluding carboxylic acids is 1. The Bertz CT molecular complexity index is 1110. The molecular weight excluding hydrogens is 386 g/mol. The molecule has 146 valence electrons. The Morgan fingerprint density at radius 1 is 1.00 bits per heavy atom. The van der Waals surface area contributed by atoms with Gasteiger partial charge in [-0.15, -0.1) is 5.10 Å². The minimum atomic E-state index is -3.33. The molecule has 28 heavy (non-hydrogen) atoms. The predicted molar refractivity (Wildman–Crippen MR) is 100 cm³/mol. The summed E-state index contributed by atoms with van der Waals surface area (Å²) in [6, 6.07) is 10.5. The zero-order chi connectivity index (χ0) is 20.3. The monoisotopic (exact) mass is 403 g/mol. The van der Waals surface area contributed by atoms with E-state index in [-0.39, 0.29) is 22.4 Å². The van der Waals surface area contributed by atoms with Crippen LogP contribution in [0.2, 0.25) is 0 Å². The van der Waals surface area contributed by atoms with E-state index in [0.29, 0.717) is 17.1 Å². The number of nitrogens with one attached hydrogen (secondary N) is 1. The number of nitrogens with zero attached hydrogens (tertiary/aromatic N) is 2. The van der Waals surface area contributed by atoms with E-state index in [0.717, 1.165) is 6.26 Å². The first-order valence-corrected chi connectivity index (χ1v) is 9.88. The highest BCUT2D eigenvalue weighted by atomic mass is 32.2. The molecule has 3 rings (SSSR count). The van der Waals surface area contributed by atoms with E-state index in [1.54, 1.807) is 18.2 Å². The smallest absolute Gasteiger partial charge is 0.322 e. The third-order valence-electron chi connectivity index (χ3n) is 3.82. The predicted octanol–water partition coefficient (Wildman–Crippen LogP) is 2.41. The van der Waals surface area contributed by atoms with Crippen LogP contribution in [0.4, 0.5) is 6.01 Å². The SMILES string of the molecule is COc1ccc(-c2nnc(NC(=O)c3ccc(S(C)(=O)=O)cc3)o2)cc1OC. The summed E-state index contributed by atoms with van der Waals surface area (Å²) in [5, 5.41) is 10.2. The number of methoxy groups -OCH3 is 2. The Kier molecular flexibility index (Phi) is 5.32. The fourth-order valence-electron chi connectivity index (χ4n) is 2.38. The summed E-state index contributed by atoms with van der Waals surface area (Å²) in [5.74, 6) is 0.720. The Balaban J connectivity index is 1.76. The minimum Gasteiger partial charge on any atom is -0.493 e. The topological polar surface area (TPSA) is 121 Å². The molecule has 0 saturated heterocycles. The lowest BCUT2D eigenvalue weighted by molar-refractivity contribution is 0.102. The van der Waals surface area contributed by atoms with Gasteiger partial charge in [0, 0.05) is 17.4 Å². The summed E-state index contributed by atoms with van der Waals surface area (Å²) >= 11 is 0. The van der Waals surface area contributed by atoms with Crippen LogP contribution in [-0.2, 0) is 9.84 Å². The van der Waals surface area contributed by atoms with Crippen molar-refractivity contribution in [1.29, 1.82) is 0 Å². The van der Waals surface area contributed by atoms with Gasteiger partial charge in [-0.25, -0.2) is 8.42 Å². The first-order chi connectivity index (χ1) is 13.3. The maximum Gasteiger partial charge on any atom is 0.322 e. The maximum absolute atomic E-state index is 12.3. The highest BCUT2D eigenvalue weighted by Crippen LogP contribution is 2.32. The molecule has 0 bridgehead atoms. The molecule has 10 heteroatoms. The number of hydrogen-bond donors (Lipinski definition) is 1. The van der Waals surface area contributed by atoms with Gasteiger partial charge in [-0.1, -0.05) is 5.10 Å². The van der Waals surface area contributed by atoms with Crippen LogP contribution in [0.3, 0.4) is 0 Å². The Hall–Kier alpha value is -3.40. The number of ether oxygens (including phenoxy) is 2. The number of hydrogen-bond acceptors (Lipinski definition) is 8. The number of rotatable bonds is 6. The van der Waals surface area contributed by atoms with Crippen molar-refractivity contribution in [2.75, 3.05) is 25.8 Å². The highest BCUT2D eigenvalue weighted by Gasteiger charge is 2.15. The van der Waals surface area contributed by atoms with Crippen LogP contribution in [0.25, 0.3) is 11.5 Å². The maximum atomic E-state index is 12.3. The van der Waals surface area contributed by atoms with E-state index in [9.17, 15) is 13.2 Å². The van der Waals surface area contributed by atoms with Crippen LogP contribution in [0.1, 0.15) is 10.4 Å². The quantitative estimate of drug-likeness (QED) is 0.666. The average Bonchev–Trinajstić information content (AvgIpc) is 3.15. The van der Waals surface area contributed by atoms with Gasteiger partial charge in [0.25, 0.3) is 5.91 Å². The van der Waals surface area contributed by atoms with Gasteiger partial charge in [-0.3, -0.25) is 10.1 Å². The third-order valence-corrected chi connectivity index (χ3v) is 4.95. The normalized spacial score (nSPS) is 11.1. The van der Waals surface area contributed by atoms with Gasteiger partial charge in [0.15, 0.2) is 21.3 Å². The fraction of sp³-hybridized carbons (Fsp3) is 0.167. The molecule has 0 spiro atoms. The average molecular weight is 403 g/mol. The standard InChI is InChI=1S/C18H17N3O6S/c1-25-14-9-6-12(10-15(14)26-2)17-20-21-18(27-17)19-16(22)11-4-7-13(8-5-11)28(3,23)24/h4-10H,1-3H3,(H,19,21,22). The summed E-state index contributed by atoms with van der Waals surface area (Å²) in [6.07, 6.45) is 1.09. The molecule has 1 heterocycles. The van der Waals surface area contributed by atoms with Crippen molar-refractivity contribution in [2.24, 2.45) is 0 Å². The summed E-state index contributed by atoms with van der Waals surface area (Å²) in [6.45, 7) is 0. The third kappa shape index (κ3) is 4.12. The van der Waals surface area contributed by atoms with Crippen molar-refractivity contribution in [3.8, 4) is 23.0 Å². The molecule has 2 aromatic carbocycles. The second-order valence-electron chi connectivity index (χ2n) is 5.73. The van der Waals surface area contributed by atoms with Crippen LogP contribution >= 0.6 is 0 Å². The summed E-state index contributed by atoms with van der Waals surface area (Å²) < 4.78 is 38.8. The Morgan fingerprint density at radius 2 is 1.68 bits per heavy atom. The van der Waals surface area contributed by atoms with Crippen molar-refractivity contribution >= 4 is 21.8 Å². The number of sulfone groups is 1. The molecule has 0 unspecified atom stereocenters. The molecule has 0 atom stereocenters. The Morgan fingerprint density at radius 3 is 2.29 bits per heavy atom. The van der Waals surface area contributed by atoms with E-state index < -0.39 is 15.7 Å². The lowest BCUT2D eigenvalue weighted by atomic mass is 10.2. The van der Waals surface area contributed by atoms with E-state index in [1.807, 2.05) is 0 Å². The number of amides is 1. The first-order valence-electron chi connectivity index (χ1n) is 7.99. The van der Waals surface area contributed by atoms with Crippen molar-refractivity contribution < 1.29 is 27.1 Å². The number of carbonyl (C=O) groups is 1. The van der Waals surface area contributed by atoms with Crippen molar-refractivity contribution in [1.82, 2.24) is 10.2 Å². The molecule has 0 fully saturated rings. The van der Waals surface area contributed by atoms with E-state index in [4.69, 9.17) is 13.9 Å². The number of aromatic nitrogens is 2. The van der Waals surface area contributed by atoms with Crippen LogP contribution in [0, 0.1) is 0 Å². The van der Waals surface area contributed by atoms with Crippen LogP contribution in [0.15, 0.2) is 51.8 Å². The van der Waals surface area contributed by atoms with Gasteiger partial charge >= 0.3 is 6.01 Å². The van der Waals surface area contributed by atoms with Crippen LogP contribution < -0.4 is 14.8 Å². The molecule has 1 N–H and O–H groups in total. The largest absolute Gasteiger partial charge is 0.493 e. The van der Waals surface area contributed by atoms with E-state index >= 15 is 0 Å². The molecule has 9 nitrogen and oxygen atoms in total. The zero-order valence-electron chi connectivity index (χ0n) is 15.3. The van der Waals surface area contributed by atoms with Gasteiger partial charge in [0.05, 0.1) is 19.1 Å². The van der Waals surface area contributed by atoms with Crippen molar-refractivity contribution in [3.05, 3.63) is 48.0 Å². The second-order valence-corrected chi connectivity index (χ2v) is 7.75. The van der Waals surface area contributed by atoms with Crippen molar-refractivity contribution in [2.45, 2.75) is 4.90 Å². The summed E-state index contributed by atoms with van der Waals surface area (Å²) in [5.41, 5.74) is 0.835. The molecule has 3 aromatic rings. The van der Waals surface area contributed by atoms with E-state index in [2.05, 4.69) is 15.5 Å². The molecule has 1 aromatic heterocycles. The number of benzene rings is 2. The fourth-order valence-corrected chi connectivity index (χ4v) is 3.01. The first kappa shape index (κ1) is 19.4. The Labute approximate surface area is 161 Å². The van der Waals surface area contributed by atoms with Gasteiger partial charge in [-0.2, -0.15) is 0 Å². The molecule has 0 aliphatic heterocycles. The van der Waals surface area contributed by atoms with Gasteiger partial charge < -0.3 is 13.9 Å². The second kappa shape index (κ2) is 7.69. The van der Waals surface area contributed by atoms with Crippen LogP contribution in [-0.4, -0.2) is 45.0 Å². The molecule has 1 amide bonds. The van der Waals surface area contributed by atoms with E-state index in [1.165, 1.54) is 38.5 Å². The lowest BCUT2D eigenvalue weighted by Gasteiger charge is -2.07. The van der Waals surface area contributed by atoms with Crippen molar-refractivity contribution in [3.63, 3.8) is 0 Å². The highest BCUT2D eigenvalue weighted by molar-refractivity contribution is 7.90. The van der Waals surface area contributed by atoms with Gasteiger partial charge in [-0.05, 0) is 42.5 Å². The molecule has 0 aliphatic rings. The molecule has 0 saturated carbocycles. The zero-order valence-corrected chi connectivity index (χ0v) is 16.1. The summed E-state index contributed by atoms with van der Waals surface area (Å²) in [4.78, 5) is 12.4. The number of anilines is 1. The van der Waals surface area contributed by atoms with Crippen LogP contribution in [0.5, 0.6) is 11.5 Å². The van der Waals surface area contributed by atoms with Gasteiger partial charge in [0.1, 0.15) is 0 Å². The lowest BCUT2D eigenvalue weighted by Crippen LogP contribution is -2.12. The summed E-state index contributed by atoms with van der Waals surface area (Å²) in [7, 11) is -0.296.